The van der Waals surface area contributed by atoms with Crippen molar-refractivity contribution in [1.82, 2.24) is 20.0 Å². The van der Waals surface area contributed by atoms with Crippen LogP contribution >= 0.6 is 11.3 Å². The van der Waals surface area contributed by atoms with Crippen molar-refractivity contribution >= 4 is 23.2 Å². The van der Waals surface area contributed by atoms with Crippen LogP contribution in [0.5, 0.6) is 0 Å². The molecule has 1 aliphatic rings. The first-order valence-electron chi connectivity index (χ1n) is 11.0. The van der Waals surface area contributed by atoms with Crippen molar-refractivity contribution in [2.24, 2.45) is 0 Å². The lowest BCUT2D eigenvalue weighted by molar-refractivity contribution is 0.159. The molecule has 3 aromatic rings. The summed E-state index contributed by atoms with van der Waals surface area (Å²) in [6.07, 6.45) is 0. The minimum absolute atomic E-state index is 0.0307. The van der Waals surface area contributed by atoms with Crippen LogP contribution < -0.4 is 10.6 Å². The number of thiophene rings is 1. The number of aromatic nitrogens is 2. The van der Waals surface area contributed by atoms with Gasteiger partial charge in [0.25, 0.3) is 0 Å². The van der Waals surface area contributed by atoms with Gasteiger partial charge in [-0.1, -0.05) is 38.1 Å². The number of anilines is 1. The van der Waals surface area contributed by atoms with Crippen molar-refractivity contribution in [3.63, 3.8) is 0 Å². The molecule has 8 heteroatoms. The molecule has 32 heavy (non-hydrogen) atoms. The molecule has 3 heterocycles. The van der Waals surface area contributed by atoms with Gasteiger partial charge in [0.05, 0.1) is 24.0 Å². The standard InChI is InChI=1S/C24H31N5O2S/c1-17(2)20-14-23(29(27-20)18-8-5-4-6-9-18)26-24(30)25-21-16-28(11-12-31-3)15-19(21)22-10-7-13-32-22/h4-10,13-14,17,19,21H,11-12,15-16H2,1-3H3,(H2,25,26,30). The van der Waals surface area contributed by atoms with Crippen molar-refractivity contribution < 1.29 is 9.53 Å². The van der Waals surface area contributed by atoms with Crippen LogP contribution in [-0.4, -0.2) is 60.1 Å². The Morgan fingerprint density at radius 1 is 1.22 bits per heavy atom. The van der Waals surface area contributed by atoms with Crippen LogP contribution in [0.4, 0.5) is 10.6 Å². The van der Waals surface area contributed by atoms with E-state index in [1.807, 2.05) is 36.4 Å². The van der Waals surface area contributed by atoms with Crippen LogP contribution in [0.2, 0.25) is 0 Å². The van der Waals surface area contributed by atoms with E-state index >= 15 is 0 Å². The monoisotopic (exact) mass is 453 g/mol. The lowest BCUT2D eigenvalue weighted by Gasteiger charge is -2.19. The van der Waals surface area contributed by atoms with Crippen LogP contribution in [0, 0.1) is 0 Å². The number of benzene rings is 1. The summed E-state index contributed by atoms with van der Waals surface area (Å²) >= 11 is 1.74. The first-order valence-corrected chi connectivity index (χ1v) is 11.9. The van der Waals surface area contributed by atoms with Crippen molar-refractivity contribution in [3.05, 3.63) is 64.5 Å². The fraction of sp³-hybridized carbons (Fsp3) is 0.417. The Bertz CT molecular complexity index is 1000. The maximum Gasteiger partial charge on any atom is 0.320 e. The highest BCUT2D eigenvalue weighted by atomic mass is 32.1. The molecule has 1 fully saturated rings. The molecule has 4 rings (SSSR count). The van der Waals surface area contributed by atoms with Crippen LogP contribution in [0.3, 0.4) is 0 Å². The van der Waals surface area contributed by atoms with Gasteiger partial charge in [0.2, 0.25) is 0 Å². The number of amides is 2. The number of hydrogen-bond donors (Lipinski definition) is 2. The predicted octanol–water partition coefficient (Wildman–Crippen LogP) is 4.29. The quantitative estimate of drug-likeness (QED) is 0.534. The van der Waals surface area contributed by atoms with Crippen molar-refractivity contribution in [1.29, 1.82) is 0 Å². The largest absolute Gasteiger partial charge is 0.383 e. The minimum atomic E-state index is -0.211. The van der Waals surface area contributed by atoms with E-state index < -0.39 is 0 Å². The third kappa shape index (κ3) is 5.20. The van der Waals surface area contributed by atoms with Gasteiger partial charge < -0.3 is 10.1 Å². The predicted molar refractivity (Wildman–Crippen MR) is 129 cm³/mol. The summed E-state index contributed by atoms with van der Waals surface area (Å²) in [5, 5.41) is 13.1. The second-order valence-corrected chi connectivity index (χ2v) is 9.42. The highest BCUT2D eigenvalue weighted by Crippen LogP contribution is 2.31. The summed E-state index contributed by atoms with van der Waals surface area (Å²) in [5.74, 6) is 1.19. The van der Waals surface area contributed by atoms with E-state index in [4.69, 9.17) is 9.84 Å². The van der Waals surface area contributed by atoms with E-state index in [2.05, 4.69) is 46.9 Å². The highest BCUT2D eigenvalue weighted by molar-refractivity contribution is 7.10. The molecule has 0 saturated carbocycles. The maximum absolute atomic E-state index is 13.1. The molecule has 7 nitrogen and oxygen atoms in total. The number of likely N-dealkylation sites (tertiary alicyclic amines) is 1. The molecule has 0 spiro atoms. The smallest absolute Gasteiger partial charge is 0.320 e. The number of rotatable bonds is 8. The molecule has 2 amide bonds. The lowest BCUT2D eigenvalue weighted by atomic mass is 10.0. The SMILES string of the molecule is COCCN1CC(NC(=O)Nc2cc(C(C)C)nn2-c2ccccc2)C(c2cccs2)C1. The van der Waals surface area contributed by atoms with Gasteiger partial charge in [-0.25, -0.2) is 9.48 Å². The molecule has 2 aromatic heterocycles. The third-order valence-corrected chi connectivity index (χ3v) is 6.80. The first-order chi connectivity index (χ1) is 15.5. The normalized spacial score (nSPS) is 18.9. The molecule has 0 bridgehead atoms. The number of nitrogens with zero attached hydrogens (tertiary/aromatic N) is 3. The summed E-state index contributed by atoms with van der Waals surface area (Å²) < 4.78 is 7.05. The Hall–Kier alpha value is -2.68. The molecular weight excluding hydrogens is 422 g/mol. The Labute approximate surface area is 193 Å². The zero-order valence-corrected chi connectivity index (χ0v) is 19.6. The molecule has 170 valence electrons. The molecule has 2 atom stereocenters. The first kappa shape index (κ1) is 22.5. The summed E-state index contributed by atoms with van der Waals surface area (Å²) in [4.78, 5) is 16.7. The molecule has 1 aromatic carbocycles. The van der Waals surface area contributed by atoms with Gasteiger partial charge in [0.15, 0.2) is 0 Å². The Morgan fingerprint density at radius 3 is 2.72 bits per heavy atom. The van der Waals surface area contributed by atoms with E-state index in [1.165, 1.54) is 4.88 Å². The maximum atomic E-state index is 13.1. The highest BCUT2D eigenvalue weighted by Gasteiger charge is 2.35. The third-order valence-electron chi connectivity index (χ3n) is 5.79. The van der Waals surface area contributed by atoms with E-state index in [-0.39, 0.29) is 23.9 Å². The Balaban J connectivity index is 1.50. The number of carbonyl (C=O) groups excluding carboxylic acids is 1. The lowest BCUT2D eigenvalue weighted by Crippen LogP contribution is -2.42. The van der Waals surface area contributed by atoms with Crippen molar-refractivity contribution in [2.45, 2.75) is 31.7 Å². The summed E-state index contributed by atoms with van der Waals surface area (Å²) in [6.45, 7) is 7.45. The summed E-state index contributed by atoms with van der Waals surface area (Å²) in [6, 6.07) is 15.9. The number of nitrogens with one attached hydrogen (secondary N) is 2. The van der Waals surface area contributed by atoms with Crippen LogP contribution in [0.15, 0.2) is 53.9 Å². The van der Waals surface area contributed by atoms with Crippen LogP contribution in [0.25, 0.3) is 5.69 Å². The second kappa shape index (κ2) is 10.3. The van der Waals surface area contributed by atoms with E-state index in [9.17, 15) is 4.79 Å². The topological polar surface area (TPSA) is 71.4 Å². The number of para-hydroxylation sites is 1. The van der Waals surface area contributed by atoms with Crippen LogP contribution in [0.1, 0.15) is 36.3 Å². The zero-order valence-electron chi connectivity index (χ0n) is 18.8. The van der Waals surface area contributed by atoms with Crippen molar-refractivity contribution in [2.75, 3.05) is 38.7 Å². The molecule has 2 N–H and O–H groups in total. The number of methoxy groups -OCH3 is 1. The van der Waals surface area contributed by atoms with E-state index in [0.29, 0.717) is 12.4 Å². The zero-order chi connectivity index (χ0) is 22.5. The molecule has 0 aliphatic carbocycles. The number of ether oxygens (including phenoxy) is 1. The molecule has 1 saturated heterocycles. The average Bonchev–Trinajstić information content (AvgIpc) is 3.53. The molecule has 0 radical (unpaired) electrons. The summed E-state index contributed by atoms with van der Waals surface area (Å²) in [7, 11) is 1.72. The number of urea groups is 1. The second-order valence-electron chi connectivity index (χ2n) is 8.44. The van der Waals surface area contributed by atoms with Gasteiger partial charge in [0.1, 0.15) is 5.82 Å². The van der Waals surface area contributed by atoms with Gasteiger partial charge in [-0.05, 0) is 29.5 Å². The average molecular weight is 454 g/mol. The minimum Gasteiger partial charge on any atom is -0.383 e. The fourth-order valence-electron chi connectivity index (χ4n) is 4.08. The Kier molecular flexibility index (Phi) is 7.24. The van der Waals surface area contributed by atoms with Crippen molar-refractivity contribution in [3.8, 4) is 5.69 Å². The molecular formula is C24H31N5O2S. The van der Waals surface area contributed by atoms with Gasteiger partial charge in [-0.15, -0.1) is 11.3 Å². The van der Waals surface area contributed by atoms with E-state index in [0.717, 1.165) is 31.0 Å². The fourth-order valence-corrected chi connectivity index (χ4v) is 4.97. The summed E-state index contributed by atoms with van der Waals surface area (Å²) in [5.41, 5.74) is 1.85. The van der Waals surface area contributed by atoms with Gasteiger partial charge in [0, 0.05) is 43.6 Å². The Morgan fingerprint density at radius 2 is 2.03 bits per heavy atom. The molecule has 1 aliphatic heterocycles. The van der Waals surface area contributed by atoms with E-state index in [1.54, 1.807) is 23.1 Å². The number of hydrogen-bond acceptors (Lipinski definition) is 5. The van der Waals surface area contributed by atoms with Gasteiger partial charge in [-0.2, -0.15) is 5.10 Å². The van der Waals surface area contributed by atoms with Crippen LogP contribution in [-0.2, 0) is 4.74 Å². The van der Waals surface area contributed by atoms with Gasteiger partial charge in [-0.3, -0.25) is 10.2 Å². The number of carbonyl (C=O) groups is 1. The van der Waals surface area contributed by atoms with Gasteiger partial charge >= 0.3 is 6.03 Å². The molecule has 2 unspecified atom stereocenters.